The maximum absolute atomic E-state index is 13.4. The van der Waals surface area contributed by atoms with E-state index >= 15 is 0 Å². The van der Waals surface area contributed by atoms with Crippen molar-refractivity contribution in [1.82, 2.24) is 9.80 Å². The van der Waals surface area contributed by atoms with E-state index in [0.29, 0.717) is 12.8 Å². The van der Waals surface area contributed by atoms with E-state index in [0.717, 1.165) is 56.8 Å². The topological polar surface area (TPSA) is 159 Å². The van der Waals surface area contributed by atoms with E-state index in [4.69, 9.17) is 18.8 Å². The summed E-state index contributed by atoms with van der Waals surface area (Å²) in [7, 11) is -0.433. The van der Waals surface area contributed by atoms with Gasteiger partial charge in [-0.1, -0.05) is 6.07 Å². The molecule has 5 aliphatic rings. The van der Waals surface area contributed by atoms with Crippen molar-refractivity contribution in [2.75, 3.05) is 0 Å². The normalized spacial score (nSPS) is 26.6. The molecule has 0 N–H and O–H groups in total. The minimum absolute atomic E-state index is 0.00442. The number of ether oxygens (including phenoxy) is 2. The molecule has 5 heterocycles. The highest BCUT2D eigenvalue weighted by molar-refractivity contribution is 9.11. The van der Waals surface area contributed by atoms with E-state index in [9.17, 15) is 29.7 Å². The number of halogens is 1. The molecule has 7 rings (SSSR count). The number of likely N-dealkylation sites (tertiary alicyclic amines) is 2. The van der Waals surface area contributed by atoms with Gasteiger partial charge >= 0.3 is 19.3 Å². The van der Waals surface area contributed by atoms with Crippen molar-refractivity contribution in [3.05, 3.63) is 37.8 Å². The molecular weight excluding hydrogens is 891 g/mol. The first-order valence-corrected chi connectivity index (χ1v) is 24.4. The van der Waals surface area contributed by atoms with E-state index < -0.39 is 59.7 Å². The number of rotatable bonds is 11. The number of nitrogens with zero attached hydrogens (tertiary/aromatic N) is 4. The van der Waals surface area contributed by atoms with Crippen LogP contribution in [-0.4, -0.2) is 87.2 Å². The Morgan fingerprint density at radius 2 is 1.16 bits per heavy atom. The smallest absolute Gasteiger partial charge is 0.444 e. The van der Waals surface area contributed by atoms with Gasteiger partial charge in [0.25, 0.3) is 0 Å². The molecule has 16 heteroatoms. The molecule has 4 bridgehead atoms. The maximum Gasteiger partial charge on any atom is 0.505 e. The summed E-state index contributed by atoms with van der Waals surface area (Å²) in [6, 6.07) is 11.7. The maximum atomic E-state index is 13.4. The molecule has 2 aromatic heterocycles. The van der Waals surface area contributed by atoms with Gasteiger partial charge in [0, 0.05) is 39.5 Å². The van der Waals surface area contributed by atoms with Crippen molar-refractivity contribution in [3.8, 4) is 12.1 Å². The van der Waals surface area contributed by atoms with Crippen LogP contribution in [0.4, 0.5) is 9.59 Å². The fourth-order valence-electron chi connectivity index (χ4n) is 9.55. The predicted octanol–water partition coefficient (Wildman–Crippen LogP) is 9.42. The molecule has 0 spiro atoms. The van der Waals surface area contributed by atoms with E-state index in [-0.39, 0.29) is 54.2 Å². The summed E-state index contributed by atoms with van der Waals surface area (Å²) in [5, 5.41) is 19.4. The molecule has 5 fully saturated rings. The van der Waals surface area contributed by atoms with Gasteiger partial charge in [-0.2, -0.15) is 10.5 Å². The van der Waals surface area contributed by atoms with Gasteiger partial charge in [-0.3, -0.25) is 19.4 Å². The number of nitriles is 2. The van der Waals surface area contributed by atoms with Gasteiger partial charge in [0.1, 0.15) is 11.2 Å². The zero-order chi connectivity index (χ0) is 45.5. The van der Waals surface area contributed by atoms with Crippen LogP contribution in [-0.2, 0) is 41.2 Å². The molecule has 0 aromatic carbocycles. The third-order valence-electron chi connectivity index (χ3n) is 13.0. The average Bonchev–Trinajstić information content (AvgIpc) is 4.03. The summed E-state index contributed by atoms with van der Waals surface area (Å²) in [5.74, 6) is -0.497. The third kappa shape index (κ3) is 11.1. The van der Waals surface area contributed by atoms with Gasteiger partial charge in [0.15, 0.2) is 11.6 Å². The van der Waals surface area contributed by atoms with Crippen LogP contribution in [0.2, 0.25) is 0 Å². The van der Waals surface area contributed by atoms with Gasteiger partial charge in [-0.05, 0) is 167 Å². The number of ketones is 2. The largest absolute Gasteiger partial charge is 0.505 e. The van der Waals surface area contributed by atoms with Gasteiger partial charge < -0.3 is 18.8 Å². The number of hydrogen-bond donors (Lipinski definition) is 0. The molecule has 3 aliphatic heterocycles. The number of Topliss-reactive ketones (excluding diaryl/α,β-unsaturated/α-hetero) is 2. The van der Waals surface area contributed by atoms with Crippen molar-refractivity contribution >= 4 is 74.3 Å². The van der Waals surface area contributed by atoms with Crippen LogP contribution < -0.4 is 4.78 Å². The van der Waals surface area contributed by atoms with Crippen molar-refractivity contribution < 1.29 is 38.0 Å². The van der Waals surface area contributed by atoms with E-state index in [2.05, 4.69) is 28.1 Å². The Bertz CT molecular complexity index is 2060. The monoisotopic (exact) mass is 952 g/mol. The second-order valence-corrected chi connectivity index (χ2v) is 24.4. The molecule has 12 nitrogen and oxygen atoms in total. The molecule has 62 heavy (non-hydrogen) atoms. The highest BCUT2D eigenvalue weighted by Crippen LogP contribution is 2.46. The summed E-state index contributed by atoms with van der Waals surface area (Å²) >= 11 is 6.58. The number of carbonyl (C=O) groups excluding carboxylic acids is 4. The molecule has 2 aliphatic carbocycles. The predicted molar refractivity (Wildman–Crippen MR) is 243 cm³/mol. The molecule has 0 radical (unpaired) electrons. The molecular formula is C46H62BBrN4O8S2. The summed E-state index contributed by atoms with van der Waals surface area (Å²) < 4.78 is 25.4. The standard InChI is InChI=1S/C26H37BN2O5S.C20H25BrN2O3S/c1-24(2,3)32-23(31)29-18-9-8-17(14-18)22(29)20(30)13-16(15-28)12-19-10-11-21(35-19)27-33-25(4,5)26(6,7)34-27;1-20(2,3)26-19(25)23-14-5-4-13(10-14)18(23)16(24)9-12(11-22)8-15-6-7-17(21)27-15/h10-11,16-18,22H,8-9,12-14H2,1-7H3;6-7,12-14,18H,4-5,8-10H2,1-3H3/t16-,17+,18-,22+;12-,13+,14-,18+/m11/s1. The minimum Gasteiger partial charge on any atom is -0.444 e. The van der Waals surface area contributed by atoms with Crippen LogP contribution in [0.15, 0.2) is 28.1 Å². The Morgan fingerprint density at radius 3 is 1.55 bits per heavy atom. The highest BCUT2D eigenvalue weighted by Gasteiger charge is 2.54. The Labute approximate surface area is 384 Å². The first-order valence-electron chi connectivity index (χ1n) is 21.9. The third-order valence-corrected chi connectivity index (χ3v) is 15.8. The van der Waals surface area contributed by atoms with Crippen LogP contribution in [0.25, 0.3) is 0 Å². The first kappa shape index (κ1) is 48.2. The Balaban J connectivity index is 0.000000214. The summed E-state index contributed by atoms with van der Waals surface area (Å²) in [6.07, 6.45) is 6.00. The summed E-state index contributed by atoms with van der Waals surface area (Å²) in [6.45, 7) is 19.1. The van der Waals surface area contributed by atoms with Crippen LogP contribution >= 0.6 is 38.6 Å². The zero-order valence-corrected chi connectivity index (χ0v) is 41.0. The number of thiophene rings is 2. The average molecular weight is 954 g/mol. The van der Waals surface area contributed by atoms with Gasteiger partial charge in [-0.25, -0.2) is 9.59 Å². The van der Waals surface area contributed by atoms with E-state index in [1.807, 2.05) is 93.5 Å². The number of carbonyl (C=O) groups is 4. The highest BCUT2D eigenvalue weighted by atomic mass is 79.9. The van der Waals surface area contributed by atoms with Crippen molar-refractivity contribution in [2.24, 2.45) is 23.7 Å². The van der Waals surface area contributed by atoms with Gasteiger partial charge in [-0.15, -0.1) is 22.7 Å². The van der Waals surface area contributed by atoms with Crippen molar-refractivity contribution in [2.45, 2.75) is 180 Å². The lowest BCUT2D eigenvalue weighted by molar-refractivity contribution is -0.127. The van der Waals surface area contributed by atoms with Gasteiger partial charge in [0.05, 0.1) is 51.0 Å². The van der Waals surface area contributed by atoms with Crippen LogP contribution in [0.3, 0.4) is 0 Å². The first-order chi connectivity index (χ1) is 28.9. The molecule has 0 unspecified atom stereocenters. The Kier molecular flexibility index (Phi) is 14.5. The molecule has 2 aromatic rings. The van der Waals surface area contributed by atoms with Crippen molar-refractivity contribution in [3.63, 3.8) is 0 Å². The second kappa shape index (κ2) is 18.7. The number of piperidine rings is 2. The lowest BCUT2D eigenvalue weighted by Gasteiger charge is -2.35. The molecule has 2 saturated carbocycles. The van der Waals surface area contributed by atoms with Crippen LogP contribution in [0.5, 0.6) is 0 Å². The zero-order valence-electron chi connectivity index (χ0n) is 37.8. The lowest BCUT2D eigenvalue weighted by atomic mass is 9.88. The quantitative estimate of drug-likeness (QED) is 0.199. The lowest BCUT2D eigenvalue weighted by Crippen LogP contribution is -2.51. The van der Waals surface area contributed by atoms with E-state index in [1.54, 1.807) is 32.5 Å². The number of hydrogen-bond acceptors (Lipinski definition) is 12. The number of amides is 2. The molecule has 336 valence electrons. The van der Waals surface area contributed by atoms with E-state index in [1.165, 1.54) is 0 Å². The fourth-order valence-corrected chi connectivity index (χ4v) is 12.2. The second-order valence-electron chi connectivity index (χ2n) is 20.6. The minimum atomic E-state index is -0.615. The summed E-state index contributed by atoms with van der Waals surface area (Å²) in [4.78, 5) is 57.5. The van der Waals surface area contributed by atoms with Crippen molar-refractivity contribution in [1.29, 1.82) is 10.5 Å². The molecule has 2 amide bonds. The summed E-state index contributed by atoms with van der Waals surface area (Å²) in [5.41, 5.74) is -2.03. The van der Waals surface area contributed by atoms with Gasteiger partial charge in [0.2, 0.25) is 0 Å². The van der Waals surface area contributed by atoms with Crippen LogP contribution in [0, 0.1) is 46.3 Å². The SMILES string of the molecule is CC(C)(C)OC(=O)N1[C@@H]2CC[C@@H](C2)[C@H]1C(=O)C[C@H](C#N)Cc1ccc(B2OC(C)(C)C(C)(C)O2)s1.CC(C)(C)OC(=O)N1[C@@H]2CC[C@@H](C2)[C@H]1C(=O)C[C@H](C#N)Cc1ccc(Br)s1. The van der Waals surface area contributed by atoms with Crippen LogP contribution in [0.1, 0.15) is 130 Å². The molecule has 8 atom stereocenters. The fraction of sp³-hybridized carbons (Fsp3) is 0.696. The Morgan fingerprint density at radius 1 is 0.742 bits per heavy atom. The number of fused-ring (bicyclic) bond motifs is 4. The molecule has 3 saturated heterocycles. The Hall–Kier alpha value is -3.28.